The normalized spacial score (nSPS) is 10.5. The Bertz CT molecular complexity index is 336. The second-order valence-corrected chi connectivity index (χ2v) is 4.40. The molecule has 0 aliphatic heterocycles. The molecule has 0 aromatic rings. The van der Waals surface area contributed by atoms with Crippen molar-refractivity contribution in [3.63, 3.8) is 0 Å². The van der Waals surface area contributed by atoms with Gasteiger partial charge in [-0.1, -0.05) is 6.58 Å². The maximum absolute atomic E-state index is 11.3. The van der Waals surface area contributed by atoms with Crippen molar-refractivity contribution in [2.75, 3.05) is 6.79 Å². The monoisotopic (exact) mass is 244 g/mol. The van der Waals surface area contributed by atoms with Crippen LogP contribution in [0, 0.1) is 5.41 Å². The molecule has 0 radical (unpaired) electrons. The number of carboxylic acid groups (broad SMARTS) is 1. The van der Waals surface area contributed by atoms with Gasteiger partial charge in [-0.15, -0.1) is 0 Å². The Morgan fingerprint density at radius 3 is 2.12 bits per heavy atom. The van der Waals surface area contributed by atoms with Crippen molar-refractivity contribution in [1.29, 1.82) is 0 Å². The van der Waals surface area contributed by atoms with E-state index in [9.17, 15) is 14.4 Å². The van der Waals surface area contributed by atoms with Crippen LogP contribution in [0.5, 0.6) is 0 Å². The number of hydrogen-bond acceptors (Lipinski definition) is 5. The minimum atomic E-state index is -1.27. The lowest BCUT2D eigenvalue weighted by Gasteiger charge is -2.16. The topological polar surface area (TPSA) is 89.9 Å². The van der Waals surface area contributed by atoms with Crippen LogP contribution in [-0.4, -0.2) is 29.8 Å². The van der Waals surface area contributed by atoms with E-state index in [4.69, 9.17) is 5.11 Å². The maximum Gasteiger partial charge on any atom is 0.331 e. The molecule has 0 spiro atoms. The van der Waals surface area contributed by atoms with E-state index in [0.29, 0.717) is 0 Å². The van der Waals surface area contributed by atoms with Gasteiger partial charge in [-0.05, 0) is 20.8 Å². The minimum absolute atomic E-state index is 0.280. The lowest BCUT2D eigenvalue weighted by molar-refractivity contribution is -0.173. The van der Waals surface area contributed by atoms with Crippen LogP contribution in [0.25, 0.3) is 0 Å². The third kappa shape index (κ3) is 6.34. The highest BCUT2D eigenvalue weighted by Gasteiger charge is 2.23. The summed E-state index contributed by atoms with van der Waals surface area (Å²) in [6.07, 6.45) is -0.442. The second-order valence-electron chi connectivity index (χ2n) is 4.40. The van der Waals surface area contributed by atoms with E-state index < -0.39 is 36.5 Å². The van der Waals surface area contributed by atoms with E-state index in [1.54, 1.807) is 20.8 Å². The largest absolute Gasteiger partial charge is 0.478 e. The van der Waals surface area contributed by atoms with Crippen LogP contribution >= 0.6 is 0 Å². The molecule has 0 aliphatic carbocycles. The molecule has 0 amide bonds. The van der Waals surface area contributed by atoms with Gasteiger partial charge in [0.2, 0.25) is 6.79 Å². The molecule has 0 saturated carbocycles. The Morgan fingerprint density at radius 2 is 1.71 bits per heavy atom. The van der Waals surface area contributed by atoms with E-state index in [2.05, 4.69) is 16.1 Å². The average molecular weight is 244 g/mol. The molecule has 0 aromatic heterocycles. The van der Waals surface area contributed by atoms with Gasteiger partial charge in [-0.2, -0.15) is 0 Å². The lowest BCUT2D eigenvalue weighted by atomic mass is 9.98. The first-order valence-corrected chi connectivity index (χ1v) is 4.88. The predicted octanol–water partition coefficient (Wildman–Crippen LogP) is 1.11. The zero-order valence-corrected chi connectivity index (χ0v) is 10.1. The highest BCUT2D eigenvalue weighted by molar-refractivity contribution is 5.91. The van der Waals surface area contributed by atoms with Gasteiger partial charge in [0, 0.05) is 5.57 Å². The Balaban J connectivity index is 3.91. The van der Waals surface area contributed by atoms with Gasteiger partial charge in [-0.25, -0.2) is 4.79 Å². The number of ether oxygens (including phenoxy) is 2. The number of rotatable bonds is 5. The summed E-state index contributed by atoms with van der Waals surface area (Å²) in [5.41, 5.74) is -0.964. The van der Waals surface area contributed by atoms with Gasteiger partial charge < -0.3 is 14.6 Å². The average Bonchev–Trinajstić information content (AvgIpc) is 2.15. The second kappa shape index (κ2) is 6.03. The number of esters is 2. The first-order valence-electron chi connectivity index (χ1n) is 4.88. The SMILES string of the molecule is C=C(CC(=O)OCOC(=O)C(C)(C)C)C(=O)O. The molecule has 0 unspecified atom stereocenters. The van der Waals surface area contributed by atoms with Gasteiger partial charge in [0.05, 0.1) is 11.8 Å². The Labute approximate surface area is 99.2 Å². The molecule has 96 valence electrons. The maximum atomic E-state index is 11.3. The summed E-state index contributed by atoms with van der Waals surface area (Å²) in [4.78, 5) is 32.7. The highest BCUT2D eigenvalue weighted by Crippen LogP contribution is 2.14. The van der Waals surface area contributed by atoms with Crippen molar-refractivity contribution >= 4 is 17.9 Å². The third-order valence-corrected chi connectivity index (χ3v) is 1.68. The van der Waals surface area contributed by atoms with E-state index in [0.717, 1.165) is 0 Å². The van der Waals surface area contributed by atoms with E-state index in [1.807, 2.05) is 0 Å². The van der Waals surface area contributed by atoms with Gasteiger partial charge in [0.15, 0.2) is 0 Å². The molecule has 0 bridgehead atoms. The molecule has 6 heteroatoms. The first kappa shape index (κ1) is 15.2. The number of carbonyl (C=O) groups is 3. The molecule has 0 aliphatic rings. The molecule has 0 heterocycles. The van der Waals surface area contributed by atoms with Crippen LogP contribution < -0.4 is 0 Å². The lowest BCUT2D eigenvalue weighted by Crippen LogP contribution is -2.24. The van der Waals surface area contributed by atoms with E-state index in [1.165, 1.54) is 0 Å². The van der Waals surface area contributed by atoms with Crippen LogP contribution in [-0.2, 0) is 23.9 Å². The Hall–Kier alpha value is -1.85. The van der Waals surface area contributed by atoms with E-state index >= 15 is 0 Å². The predicted molar refractivity (Wildman–Crippen MR) is 57.9 cm³/mol. The first-order chi connectivity index (χ1) is 7.64. The fourth-order valence-corrected chi connectivity index (χ4v) is 0.666. The molecule has 6 nitrogen and oxygen atoms in total. The van der Waals surface area contributed by atoms with Crippen molar-refractivity contribution in [2.45, 2.75) is 27.2 Å². The van der Waals surface area contributed by atoms with Crippen LogP contribution in [0.2, 0.25) is 0 Å². The number of carboxylic acids is 1. The fraction of sp³-hybridized carbons (Fsp3) is 0.545. The summed E-state index contributed by atoms with van der Waals surface area (Å²) < 4.78 is 9.18. The summed E-state index contributed by atoms with van der Waals surface area (Å²) in [6.45, 7) is 7.61. The number of aliphatic carboxylic acids is 1. The van der Waals surface area contributed by atoms with Crippen LogP contribution in [0.4, 0.5) is 0 Å². The van der Waals surface area contributed by atoms with Crippen molar-refractivity contribution in [3.8, 4) is 0 Å². The standard InChI is InChI=1S/C11H16O6/c1-7(9(13)14)5-8(12)16-6-17-10(15)11(2,3)4/h1,5-6H2,2-4H3,(H,13,14). The van der Waals surface area contributed by atoms with Crippen molar-refractivity contribution in [2.24, 2.45) is 5.41 Å². The number of carbonyl (C=O) groups excluding carboxylic acids is 2. The molecule has 1 N–H and O–H groups in total. The molecule has 0 rings (SSSR count). The summed E-state index contributed by atoms with van der Waals surface area (Å²) >= 11 is 0. The molecule has 0 saturated heterocycles. The van der Waals surface area contributed by atoms with Crippen molar-refractivity contribution < 1.29 is 29.0 Å². The van der Waals surface area contributed by atoms with Crippen LogP contribution in [0.15, 0.2) is 12.2 Å². The zero-order chi connectivity index (χ0) is 13.6. The van der Waals surface area contributed by atoms with Crippen molar-refractivity contribution in [3.05, 3.63) is 12.2 Å². The minimum Gasteiger partial charge on any atom is -0.478 e. The van der Waals surface area contributed by atoms with Gasteiger partial charge in [-0.3, -0.25) is 9.59 Å². The van der Waals surface area contributed by atoms with Gasteiger partial charge >= 0.3 is 17.9 Å². The molecular weight excluding hydrogens is 228 g/mol. The fourth-order valence-electron chi connectivity index (χ4n) is 0.666. The smallest absolute Gasteiger partial charge is 0.331 e. The molecule has 0 aromatic carbocycles. The summed E-state index contributed by atoms with van der Waals surface area (Å²) in [5, 5.41) is 8.46. The quantitative estimate of drug-likeness (QED) is 0.442. The Kier molecular flexibility index (Phi) is 5.37. The molecule has 0 atom stereocenters. The molecule has 0 fully saturated rings. The Morgan fingerprint density at radius 1 is 1.18 bits per heavy atom. The molecular formula is C11H16O6. The molecule has 17 heavy (non-hydrogen) atoms. The van der Waals surface area contributed by atoms with Gasteiger partial charge in [0.25, 0.3) is 0 Å². The third-order valence-electron chi connectivity index (χ3n) is 1.68. The highest BCUT2D eigenvalue weighted by atomic mass is 16.7. The van der Waals surface area contributed by atoms with Crippen molar-refractivity contribution in [1.82, 2.24) is 0 Å². The van der Waals surface area contributed by atoms with Crippen LogP contribution in [0.1, 0.15) is 27.2 Å². The van der Waals surface area contributed by atoms with E-state index in [-0.39, 0.29) is 5.57 Å². The number of hydrogen-bond donors (Lipinski definition) is 1. The summed E-state index contributed by atoms with van der Waals surface area (Å²) in [6, 6.07) is 0. The van der Waals surface area contributed by atoms with Gasteiger partial charge in [0.1, 0.15) is 0 Å². The van der Waals surface area contributed by atoms with Crippen LogP contribution in [0.3, 0.4) is 0 Å². The summed E-state index contributed by atoms with van der Waals surface area (Å²) in [5.74, 6) is -2.59. The summed E-state index contributed by atoms with van der Waals surface area (Å²) in [7, 11) is 0. The zero-order valence-electron chi connectivity index (χ0n) is 10.1.